The third-order valence-corrected chi connectivity index (χ3v) is 8.26. The molecule has 2 aliphatic heterocycles. The SMILES string of the molecule is CCCCOC(=O)N1CCN(C(=O)[C@@H](NC(=O)c2cc(N3C[C@@H]4C(OC(=O)O)[C@@H]4C3)nc(-c3ccccc3)n2)[C@@H](C)O)CC1. The zero-order valence-electron chi connectivity index (χ0n) is 24.8. The topological polar surface area (TPSA) is 175 Å². The number of aromatic nitrogens is 2. The molecule has 0 spiro atoms. The summed E-state index contributed by atoms with van der Waals surface area (Å²) in [6, 6.07) is 9.45. The number of aliphatic hydroxyl groups is 1. The minimum atomic E-state index is -1.29. The molecule has 1 saturated carbocycles. The van der Waals surface area contributed by atoms with Crippen LogP contribution in [0.1, 0.15) is 37.2 Å². The highest BCUT2D eigenvalue weighted by atomic mass is 16.7. The first-order chi connectivity index (χ1) is 21.2. The van der Waals surface area contributed by atoms with E-state index in [1.807, 2.05) is 42.2 Å². The number of carboxylic acid groups (broad SMARTS) is 1. The van der Waals surface area contributed by atoms with Gasteiger partial charge in [-0.05, 0) is 13.3 Å². The van der Waals surface area contributed by atoms with Crippen molar-refractivity contribution in [2.24, 2.45) is 11.8 Å². The summed E-state index contributed by atoms with van der Waals surface area (Å²) in [5.41, 5.74) is 0.708. The number of rotatable bonds is 10. The largest absolute Gasteiger partial charge is 0.506 e. The van der Waals surface area contributed by atoms with Crippen molar-refractivity contribution in [2.45, 2.75) is 44.9 Å². The Kier molecular flexibility index (Phi) is 9.47. The summed E-state index contributed by atoms with van der Waals surface area (Å²) in [6.45, 7) is 5.85. The van der Waals surface area contributed by atoms with Gasteiger partial charge in [0.2, 0.25) is 5.91 Å². The van der Waals surface area contributed by atoms with E-state index >= 15 is 0 Å². The van der Waals surface area contributed by atoms with Crippen molar-refractivity contribution in [3.63, 3.8) is 0 Å². The lowest BCUT2D eigenvalue weighted by Crippen LogP contribution is -2.58. The number of amides is 3. The van der Waals surface area contributed by atoms with Crippen LogP contribution in [0.5, 0.6) is 0 Å². The lowest BCUT2D eigenvalue weighted by Gasteiger charge is -2.36. The number of benzene rings is 1. The summed E-state index contributed by atoms with van der Waals surface area (Å²) in [7, 11) is 0. The molecule has 3 heterocycles. The van der Waals surface area contributed by atoms with Gasteiger partial charge >= 0.3 is 12.2 Å². The maximum atomic E-state index is 13.6. The smallest absolute Gasteiger partial charge is 0.450 e. The van der Waals surface area contributed by atoms with Crippen molar-refractivity contribution in [1.82, 2.24) is 25.1 Å². The molecule has 1 aliphatic carbocycles. The van der Waals surface area contributed by atoms with Gasteiger partial charge < -0.3 is 39.7 Å². The van der Waals surface area contributed by atoms with Crippen molar-refractivity contribution < 1.29 is 38.9 Å². The van der Waals surface area contributed by atoms with Gasteiger partial charge in [-0.15, -0.1) is 0 Å². The number of piperidine rings is 1. The van der Waals surface area contributed by atoms with Gasteiger partial charge in [-0.25, -0.2) is 19.6 Å². The Morgan fingerprint density at radius 1 is 1.02 bits per heavy atom. The Bertz CT molecular complexity index is 1350. The summed E-state index contributed by atoms with van der Waals surface area (Å²) in [4.78, 5) is 64.4. The van der Waals surface area contributed by atoms with Gasteiger partial charge in [-0.1, -0.05) is 43.7 Å². The van der Waals surface area contributed by atoms with Gasteiger partial charge in [-0.2, -0.15) is 0 Å². The maximum absolute atomic E-state index is 13.6. The molecule has 5 rings (SSSR count). The first kappa shape index (κ1) is 31.0. The molecule has 3 aliphatic rings. The lowest BCUT2D eigenvalue weighted by molar-refractivity contribution is -0.137. The molecule has 5 atom stereocenters. The van der Waals surface area contributed by atoms with E-state index in [4.69, 9.17) is 14.6 Å². The third-order valence-electron chi connectivity index (χ3n) is 8.26. The zero-order chi connectivity index (χ0) is 31.4. The first-order valence-electron chi connectivity index (χ1n) is 14.9. The maximum Gasteiger partial charge on any atom is 0.506 e. The van der Waals surface area contributed by atoms with Gasteiger partial charge in [0.25, 0.3) is 5.91 Å². The number of hydrogen-bond donors (Lipinski definition) is 3. The van der Waals surface area contributed by atoms with E-state index in [9.17, 15) is 24.3 Å². The number of anilines is 1. The van der Waals surface area contributed by atoms with E-state index in [1.165, 1.54) is 17.9 Å². The second-order valence-electron chi connectivity index (χ2n) is 11.4. The van der Waals surface area contributed by atoms with Crippen LogP contribution >= 0.6 is 0 Å². The predicted molar refractivity (Wildman–Crippen MR) is 157 cm³/mol. The molecule has 0 bridgehead atoms. The Morgan fingerprint density at radius 2 is 1.68 bits per heavy atom. The summed E-state index contributed by atoms with van der Waals surface area (Å²) in [5.74, 6) is -0.210. The normalized spacial score (nSPS) is 22.1. The van der Waals surface area contributed by atoms with Crippen molar-refractivity contribution in [3.8, 4) is 11.4 Å². The van der Waals surface area contributed by atoms with E-state index in [1.54, 1.807) is 4.90 Å². The van der Waals surface area contributed by atoms with E-state index in [0.29, 0.717) is 36.9 Å². The number of hydrogen-bond acceptors (Lipinski definition) is 10. The molecule has 1 aromatic carbocycles. The van der Waals surface area contributed by atoms with Gasteiger partial charge in [0, 0.05) is 62.7 Å². The van der Waals surface area contributed by atoms with Crippen LogP contribution in [0, 0.1) is 11.8 Å². The number of ether oxygens (including phenoxy) is 2. The number of nitrogens with zero attached hydrogens (tertiary/aromatic N) is 5. The second-order valence-corrected chi connectivity index (χ2v) is 11.4. The summed E-state index contributed by atoms with van der Waals surface area (Å²) in [6.07, 6.45) is -1.56. The average molecular weight is 611 g/mol. The molecule has 2 saturated heterocycles. The molecule has 14 heteroatoms. The standard InChI is InChI=1S/C30H38N6O8/c1-3-4-14-43-29(40)35-12-10-34(11-13-35)28(39)24(18(2)37)33-27(38)22-15-23(32-26(31-22)19-8-6-5-7-9-19)36-16-20-21(17-36)25(20)44-30(41)42/h5-9,15,18,20-21,24-25,37H,3-4,10-14,16-17H2,1-2H3,(H,33,38)(H,41,42)/t18-,20-,21+,24+,25?/m1/s1. The van der Waals surface area contributed by atoms with Crippen LogP contribution in [0.2, 0.25) is 0 Å². The Morgan fingerprint density at radius 3 is 2.30 bits per heavy atom. The fraction of sp³-hybridized carbons (Fsp3) is 0.533. The van der Waals surface area contributed by atoms with Crippen LogP contribution in [0.4, 0.5) is 15.4 Å². The van der Waals surface area contributed by atoms with Crippen molar-refractivity contribution in [3.05, 3.63) is 42.1 Å². The first-order valence-corrected chi connectivity index (χ1v) is 14.9. The van der Waals surface area contributed by atoms with Crippen molar-refractivity contribution in [1.29, 1.82) is 0 Å². The van der Waals surface area contributed by atoms with Gasteiger partial charge in [-0.3, -0.25) is 9.59 Å². The molecule has 236 valence electrons. The van der Waals surface area contributed by atoms with Crippen LogP contribution in [0.25, 0.3) is 11.4 Å². The molecular formula is C30H38N6O8. The average Bonchev–Trinajstić information content (AvgIpc) is 3.43. The molecule has 44 heavy (non-hydrogen) atoms. The zero-order valence-corrected chi connectivity index (χ0v) is 24.8. The highest BCUT2D eigenvalue weighted by Gasteiger charge is 2.59. The van der Waals surface area contributed by atoms with Gasteiger partial charge in [0.1, 0.15) is 23.7 Å². The van der Waals surface area contributed by atoms with E-state index < -0.39 is 36.2 Å². The summed E-state index contributed by atoms with van der Waals surface area (Å²) < 4.78 is 10.2. The molecular weight excluding hydrogens is 572 g/mol. The van der Waals surface area contributed by atoms with E-state index in [2.05, 4.69) is 15.3 Å². The number of nitrogens with one attached hydrogen (secondary N) is 1. The third kappa shape index (κ3) is 7.01. The molecule has 3 fully saturated rings. The van der Waals surface area contributed by atoms with Crippen LogP contribution in [0.15, 0.2) is 36.4 Å². The molecule has 3 N–H and O–H groups in total. The minimum Gasteiger partial charge on any atom is -0.450 e. The Labute approximate surface area is 255 Å². The van der Waals surface area contributed by atoms with Crippen LogP contribution in [0.3, 0.4) is 0 Å². The monoisotopic (exact) mass is 610 g/mol. The highest BCUT2D eigenvalue weighted by molar-refractivity contribution is 5.97. The van der Waals surface area contributed by atoms with Crippen molar-refractivity contribution in [2.75, 3.05) is 50.8 Å². The molecule has 1 aromatic heterocycles. The number of piperazine rings is 1. The summed E-state index contributed by atoms with van der Waals surface area (Å²) >= 11 is 0. The molecule has 3 amide bonds. The number of carbonyl (C=O) groups excluding carboxylic acids is 3. The van der Waals surface area contributed by atoms with E-state index in [0.717, 1.165) is 12.8 Å². The number of unbranched alkanes of at least 4 members (excludes halogenated alkanes) is 1. The quantitative estimate of drug-likeness (QED) is 0.264. The number of fused-ring (bicyclic) bond motifs is 1. The van der Waals surface area contributed by atoms with Crippen LogP contribution in [-0.4, -0.2) is 118 Å². The summed E-state index contributed by atoms with van der Waals surface area (Å²) in [5, 5.41) is 22.1. The number of carbonyl (C=O) groups is 4. The predicted octanol–water partition coefficient (Wildman–Crippen LogP) is 1.83. The Balaban J connectivity index is 1.28. The number of aliphatic hydroxyl groups excluding tert-OH is 1. The fourth-order valence-electron chi connectivity index (χ4n) is 5.68. The fourth-order valence-corrected chi connectivity index (χ4v) is 5.68. The second kappa shape index (κ2) is 13.5. The van der Waals surface area contributed by atoms with Crippen molar-refractivity contribution >= 4 is 29.9 Å². The molecule has 2 aromatic rings. The highest BCUT2D eigenvalue weighted by Crippen LogP contribution is 2.48. The Hall–Kier alpha value is -4.46. The van der Waals surface area contributed by atoms with Gasteiger partial charge in [0.15, 0.2) is 5.82 Å². The minimum absolute atomic E-state index is 0.0193. The van der Waals surface area contributed by atoms with E-state index in [-0.39, 0.29) is 49.8 Å². The molecule has 14 nitrogen and oxygen atoms in total. The van der Waals surface area contributed by atoms with Gasteiger partial charge in [0.05, 0.1) is 12.7 Å². The lowest BCUT2D eigenvalue weighted by atomic mass is 10.1. The van der Waals surface area contributed by atoms with Crippen LogP contribution < -0.4 is 10.2 Å². The molecule has 0 radical (unpaired) electrons. The molecule has 1 unspecified atom stereocenters. The van der Waals surface area contributed by atoms with Crippen LogP contribution in [-0.2, 0) is 14.3 Å².